The second kappa shape index (κ2) is 6.35. The highest BCUT2D eigenvalue weighted by atomic mass is 79.9. The van der Waals surface area contributed by atoms with Crippen LogP contribution < -0.4 is 5.73 Å². The summed E-state index contributed by atoms with van der Waals surface area (Å²) in [5, 5.41) is 0. The molecule has 0 aliphatic heterocycles. The number of nitrogens with two attached hydrogens (primary N) is 1. The predicted molar refractivity (Wildman–Crippen MR) is 83.8 cm³/mol. The van der Waals surface area contributed by atoms with E-state index in [-0.39, 0.29) is 5.41 Å². The number of allylic oxidation sites excluding steroid dienone is 3. The van der Waals surface area contributed by atoms with Crippen molar-refractivity contribution in [3.05, 3.63) is 57.6 Å². The fourth-order valence-corrected chi connectivity index (χ4v) is 2.21. The Bertz CT molecular complexity index is 470. The predicted octanol–water partition coefficient (Wildman–Crippen LogP) is 4.67. The highest BCUT2D eigenvalue weighted by Crippen LogP contribution is 2.34. The summed E-state index contributed by atoms with van der Waals surface area (Å²) in [6.45, 7) is 9.33. The Labute approximate surface area is 119 Å². The van der Waals surface area contributed by atoms with Gasteiger partial charge in [0.1, 0.15) is 0 Å². The molecule has 0 aliphatic carbocycles. The highest BCUT2D eigenvalue weighted by Gasteiger charge is 2.24. The summed E-state index contributed by atoms with van der Waals surface area (Å²) in [7, 11) is 0. The molecule has 0 aromatic heterocycles. The first kappa shape index (κ1) is 15.2. The van der Waals surface area contributed by atoms with Gasteiger partial charge in [0.2, 0.25) is 0 Å². The molecule has 0 saturated carbocycles. The molecular weight excluding hydrogens is 286 g/mol. The first-order valence-electron chi connectivity index (χ1n) is 6.17. The van der Waals surface area contributed by atoms with Gasteiger partial charge in [-0.15, -0.1) is 0 Å². The van der Waals surface area contributed by atoms with Gasteiger partial charge >= 0.3 is 0 Å². The third-order valence-electron chi connectivity index (χ3n) is 3.51. The van der Waals surface area contributed by atoms with Gasteiger partial charge in [-0.25, -0.2) is 0 Å². The molecule has 0 radical (unpaired) electrons. The summed E-state index contributed by atoms with van der Waals surface area (Å²) in [6, 6.07) is 8.41. The lowest BCUT2D eigenvalue weighted by Crippen LogP contribution is -2.22. The molecule has 0 fully saturated rings. The molecule has 0 aliphatic rings. The molecule has 1 aromatic rings. The van der Waals surface area contributed by atoms with E-state index in [0.29, 0.717) is 6.54 Å². The number of rotatable bonds is 4. The molecular formula is C16H22BrN. The molecule has 1 rings (SSSR count). The lowest BCUT2D eigenvalue weighted by Gasteiger charge is -2.29. The molecule has 0 spiro atoms. The maximum atomic E-state index is 5.84. The van der Waals surface area contributed by atoms with Gasteiger partial charge in [0.15, 0.2) is 0 Å². The Morgan fingerprint density at radius 1 is 1.28 bits per heavy atom. The van der Waals surface area contributed by atoms with E-state index in [2.05, 4.69) is 67.9 Å². The molecule has 0 unspecified atom stereocenters. The molecule has 0 amide bonds. The second-order valence-corrected chi connectivity index (χ2v) is 5.62. The highest BCUT2D eigenvalue weighted by molar-refractivity contribution is 9.11. The summed E-state index contributed by atoms with van der Waals surface area (Å²) in [6.07, 6.45) is 2.21. The molecule has 1 nitrogen and oxygen atoms in total. The van der Waals surface area contributed by atoms with Gasteiger partial charge in [-0.3, -0.25) is 0 Å². The number of benzene rings is 1. The number of hydrogen-bond donors (Lipinski definition) is 1. The van der Waals surface area contributed by atoms with Gasteiger partial charge in [0, 0.05) is 12.0 Å². The van der Waals surface area contributed by atoms with Crippen molar-refractivity contribution in [2.75, 3.05) is 0 Å². The minimum atomic E-state index is -0.00671. The fourth-order valence-electron chi connectivity index (χ4n) is 2.07. The second-order valence-electron chi connectivity index (χ2n) is 5.17. The third-order valence-corrected chi connectivity index (χ3v) is 4.23. The van der Waals surface area contributed by atoms with E-state index in [0.717, 1.165) is 0 Å². The third kappa shape index (κ3) is 3.33. The first-order valence-corrected chi connectivity index (χ1v) is 7.09. The summed E-state index contributed by atoms with van der Waals surface area (Å²) in [4.78, 5) is 1.95. The molecule has 18 heavy (non-hydrogen) atoms. The average Bonchev–Trinajstić information content (AvgIpc) is 2.38. The zero-order valence-corrected chi connectivity index (χ0v) is 13.2. The van der Waals surface area contributed by atoms with Crippen LogP contribution >= 0.6 is 15.9 Å². The van der Waals surface area contributed by atoms with Gasteiger partial charge < -0.3 is 5.73 Å². The van der Waals surface area contributed by atoms with Crippen LogP contribution in [0, 0.1) is 0 Å². The molecule has 2 N–H and O–H groups in total. The van der Waals surface area contributed by atoms with Crippen molar-refractivity contribution in [3.8, 4) is 0 Å². The molecule has 0 saturated heterocycles. The Morgan fingerprint density at radius 3 is 2.44 bits per heavy atom. The molecule has 1 aromatic carbocycles. The van der Waals surface area contributed by atoms with Crippen LogP contribution in [0.25, 0.3) is 0 Å². The average molecular weight is 308 g/mol. The van der Waals surface area contributed by atoms with E-state index < -0.39 is 0 Å². The van der Waals surface area contributed by atoms with E-state index in [1.807, 2.05) is 11.1 Å². The van der Waals surface area contributed by atoms with E-state index >= 15 is 0 Å². The number of hydrogen-bond acceptors (Lipinski definition) is 1. The van der Waals surface area contributed by atoms with Crippen LogP contribution in [0.1, 0.15) is 38.8 Å². The van der Waals surface area contributed by atoms with Crippen LogP contribution in [0.15, 0.2) is 46.5 Å². The van der Waals surface area contributed by atoms with E-state index in [1.54, 1.807) is 0 Å². The van der Waals surface area contributed by atoms with Crippen LogP contribution in [0.4, 0.5) is 0 Å². The van der Waals surface area contributed by atoms with Crippen molar-refractivity contribution in [1.82, 2.24) is 0 Å². The monoisotopic (exact) mass is 307 g/mol. The zero-order valence-electron chi connectivity index (χ0n) is 11.6. The van der Waals surface area contributed by atoms with Gasteiger partial charge in [-0.2, -0.15) is 0 Å². The SMILES string of the molecule is CC(=CBr)C=C(C)C(C)(C)c1ccccc1CN. The summed E-state index contributed by atoms with van der Waals surface area (Å²) < 4.78 is 0. The Kier molecular flexibility index (Phi) is 5.36. The lowest BCUT2D eigenvalue weighted by molar-refractivity contribution is 0.614. The molecule has 0 bridgehead atoms. The van der Waals surface area contributed by atoms with Gasteiger partial charge in [-0.05, 0) is 35.5 Å². The maximum Gasteiger partial charge on any atom is 0.0181 e. The van der Waals surface area contributed by atoms with Crippen molar-refractivity contribution < 1.29 is 0 Å². The largest absolute Gasteiger partial charge is 0.326 e. The summed E-state index contributed by atoms with van der Waals surface area (Å²) in [5.41, 5.74) is 10.9. The topological polar surface area (TPSA) is 26.0 Å². The van der Waals surface area contributed by atoms with Crippen LogP contribution in [-0.4, -0.2) is 0 Å². The van der Waals surface area contributed by atoms with Crippen molar-refractivity contribution in [2.45, 2.75) is 39.7 Å². The van der Waals surface area contributed by atoms with Gasteiger partial charge in [0.05, 0.1) is 0 Å². The normalized spacial score (nSPS) is 13.9. The Hall–Kier alpha value is -0.860. The molecule has 0 heterocycles. The van der Waals surface area contributed by atoms with Crippen molar-refractivity contribution in [2.24, 2.45) is 5.73 Å². The maximum absolute atomic E-state index is 5.84. The molecule has 2 heteroatoms. The minimum Gasteiger partial charge on any atom is -0.326 e. The lowest BCUT2D eigenvalue weighted by atomic mass is 9.75. The van der Waals surface area contributed by atoms with E-state index in [4.69, 9.17) is 5.73 Å². The quantitative estimate of drug-likeness (QED) is 0.804. The van der Waals surface area contributed by atoms with Gasteiger partial charge in [-0.1, -0.05) is 65.7 Å². The number of halogens is 1. The molecule has 0 atom stereocenters. The van der Waals surface area contributed by atoms with Crippen molar-refractivity contribution >= 4 is 15.9 Å². The van der Waals surface area contributed by atoms with Crippen molar-refractivity contribution in [3.63, 3.8) is 0 Å². The van der Waals surface area contributed by atoms with Crippen LogP contribution in [0.2, 0.25) is 0 Å². The van der Waals surface area contributed by atoms with Gasteiger partial charge in [0.25, 0.3) is 0 Å². The van der Waals surface area contributed by atoms with E-state index in [1.165, 1.54) is 22.3 Å². The van der Waals surface area contributed by atoms with Crippen LogP contribution in [-0.2, 0) is 12.0 Å². The standard InChI is InChI=1S/C16H22BrN/c1-12(10-17)9-13(2)16(3,4)15-8-6-5-7-14(15)11-18/h5-10H,11,18H2,1-4H3. The Balaban J connectivity index is 3.24. The minimum absolute atomic E-state index is 0.00671. The van der Waals surface area contributed by atoms with E-state index in [9.17, 15) is 0 Å². The fraction of sp³-hybridized carbons (Fsp3) is 0.375. The summed E-state index contributed by atoms with van der Waals surface area (Å²) in [5.74, 6) is 0. The van der Waals surface area contributed by atoms with Crippen LogP contribution in [0.3, 0.4) is 0 Å². The zero-order chi connectivity index (χ0) is 13.8. The van der Waals surface area contributed by atoms with Crippen LogP contribution in [0.5, 0.6) is 0 Å². The summed E-state index contributed by atoms with van der Waals surface area (Å²) >= 11 is 3.37. The smallest absolute Gasteiger partial charge is 0.0181 e. The first-order chi connectivity index (χ1) is 8.43. The Morgan fingerprint density at radius 2 is 1.89 bits per heavy atom. The van der Waals surface area contributed by atoms with Crippen molar-refractivity contribution in [1.29, 1.82) is 0 Å². The molecule has 98 valence electrons.